The van der Waals surface area contributed by atoms with Crippen molar-refractivity contribution < 1.29 is 19.7 Å². The number of nitrogens with zero attached hydrogens (tertiary/aromatic N) is 3. The van der Waals surface area contributed by atoms with E-state index < -0.39 is 0 Å². The minimum absolute atomic E-state index is 0.0360. The summed E-state index contributed by atoms with van der Waals surface area (Å²) in [6, 6.07) is 9.83. The van der Waals surface area contributed by atoms with Gasteiger partial charge in [0.05, 0.1) is 24.3 Å². The Kier molecular flexibility index (Phi) is 7.89. The maximum absolute atomic E-state index is 10.5. The first-order valence-corrected chi connectivity index (χ1v) is 10.7. The third-order valence-electron chi connectivity index (χ3n) is 4.56. The first kappa shape index (κ1) is 22.6. The predicted molar refractivity (Wildman–Crippen MR) is 120 cm³/mol. The maximum Gasteiger partial charge on any atom is 0.226 e. The molecule has 0 unspecified atom stereocenters. The molecular formula is C23H26ClN3O4. The molecule has 0 fully saturated rings. The molecule has 0 aliphatic heterocycles. The molecule has 0 radical (unpaired) electrons. The SMILES string of the molecule is CCCCOc1ccc(-c2nc(Cl)nc(-c3ccc(OCCCC)cc3O)n2)c(O)c1. The van der Waals surface area contributed by atoms with Crippen molar-refractivity contribution >= 4 is 11.6 Å². The summed E-state index contributed by atoms with van der Waals surface area (Å²) < 4.78 is 11.2. The molecular weight excluding hydrogens is 418 g/mol. The van der Waals surface area contributed by atoms with Crippen LogP contribution >= 0.6 is 11.6 Å². The molecule has 0 bridgehead atoms. The van der Waals surface area contributed by atoms with Crippen LogP contribution in [-0.4, -0.2) is 38.4 Å². The molecule has 7 nitrogen and oxygen atoms in total. The van der Waals surface area contributed by atoms with Crippen LogP contribution in [0.3, 0.4) is 0 Å². The number of hydrogen-bond donors (Lipinski definition) is 2. The Hall–Kier alpha value is -3.06. The summed E-state index contributed by atoms with van der Waals surface area (Å²) in [4.78, 5) is 12.7. The van der Waals surface area contributed by atoms with E-state index in [0.29, 0.717) is 35.8 Å². The zero-order valence-corrected chi connectivity index (χ0v) is 18.4. The smallest absolute Gasteiger partial charge is 0.226 e. The van der Waals surface area contributed by atoms with Crippen LogP contribution in [0.5, 0.6) is 23.0 Å². The number of rotatable bonds is 10. The van der Waals surface area contributed by atoms with Crippen molar-refractivity contribution in [3.05, 3.63) is 41.7 Å². The summed E-state index contributed by atoms with van der Waals surface area (Å²) in [7, 11) is 0. The number of ether oxygens (including phenoxy) is 2. The van der Waals surface area contributed by atoms with Crippen molar-refractivity contribution in [1.82, 2.24) is 15.0 Å². The normalized spacial score (nSPS) is 10.8. The molecule has 3 aromatic rings. The second-order valence-electron chi connectivity index (χ2n) is 7.01. The number of aromatic nitrogens is 3. The van der Waals surface area contributed by atoms with Crippen molar-refractivity contribution in [3.63, 3.8) is 0 Å². The molecule has 0 aliphatic rings. The fraction of sp³-hybridized carbons (Fsp3) is 0.348. The van der Waals surface area contributed by atoms with Crippen LogP contribution in [0, 0.1) is 0 Å². The lowest BCUT2D eigenvalue weighted by atomic mass is 10.1. The fourth-order valence-electron chi connectivity index (χ4n) is 2.84. The first-order valence-electron chi connectivity index (χ1n) is 10.4. The van der Waals surface area contributed by atoms with E-state index in [1.807, 2.05) is 0 Å². The van der Waals surface area contributed by atoms with Crippen LogP contribution in [-0.2, 0) is 0 Å². The van der Waals surface area contributed by atoms with Gasteiger partial charge in [-0.3, -0.25) is 0 Å². The highest BCUT2D eigenvalue weighted by Gasteiger charge is 2.16. The van der Waals surface area contributed by atoms with Gasteiger partial charge in [0.25, 0.3) is 0 Å². The Balaban J connectivity index is 1.87. The van der Waals surface area contributed by atoms with Gasteiger partial charge in [-0.2, -0.15) is 9.97 Å². The fourth-order valence-corrected chi connectivity index (χ4v) is 3.00. The van der Waals surface area contributed by atoms with Crippen molar-refractivity contribution in [3.8, 4) is 45.8 Å². The van der Waals surface area contributed by atoms with Gasteiger partial charge < -0.3 is 19.7 Å². The highest BCUT2D eigenvalue weighted by molar-refractivity contribution is 6.28. The van der Waals surface area contributed by atoms with Gasteiger partial charge in [-0.05, 0) is 48.7 Å². The number of aromatic hydroxyl groups is 2. The zero-order valence-electron chi connectivity index (χ0n) is 17.6. The van der Waals surface area contributed by atoms with Crippen LogP contribution in [0.4, 0.5) is 0 Å². The second kappa shape index (κ2) is 10.8. The number of unbranched alkanes of at least 4 members (excludes halogenated alkanes) is 2. The summed E-state index contributed by atoms with van der Waals surface area (Å²) in [6.07, 6.45) is 3.91. The van der Waals surface area contributed by atoms with Crippen LogP contribution in [0.15, 0.2) is 36.4 Å². The highest BCUT2D eigenvalue weighted by Crippen LogP contribution is 2.34. The monoisotopic (exact) mass is 443 g/mol. The number of halogens is 1. The topological polar surface area (TPSA) is 97.6 Å². The number of benzene rings is 2. The summed E-state index contributed by atoms with van der Waals surface area (Å²) in [5.74, 6) is 1.43. The van der Waals surface area contributed by atoms with E-state index in [2.05, 4.69) is 28.8 Å². The quantitative estimate of drug-likeness (QED) is 0.392. The van der Waals surface area contributed by atoms with Gasteiger partial charge in [0.2, 0.25) is 5.28 Å². The number of phenolic OH excluding ortho intramolecular Hbond substituents is 2. The van der Waals surface area contributed by atoms with E-state index in [1.54, 1.807) is 24.3 Å². The van der Waals surface area contributed by atoms with Gasteiger partial charge in [-0.25, -0.2) is 4.98 Å². The second-order valence-corrected chi connectivity index (χ2v) is 7.35. The Morgan fingerprint density at radius 3 is 1.58 bits per heavy atom. The Morgan fingerprint density at radius 1 is 0.742 bits per heavy atom. The lowest BCUT2D eigenvalue weighted by molar-refractivity contribution is 0.307. The Morgan fingerprint density at radius 2 is 1.19 bits per heavy atom. The number of phenols is 2. The van der Waals surface area contributed by atoms with Crippen molar-refractivity contribution in [1.29, 1.82) is 0 Å². The van der Waals surface area contributed by atoms with E-state index in [1.165, 1.54) is 12.1 Å². The average Bonchev–Trinajstić information content (AvgIpc) is 2.74. The van der Waals surface area contributed by atoms with Crippen LogP contribution in [0.2, 0.25) is 5.28 Å². The van der Waals surface area contributed by atoms with Gasteiger partial charge in [0.1, 0.15) is 23.0 Å². The molecule has 0 saturated heterocycles. The van der Waals surface area contributed by atoms with E-state index >= 15 is 0 Å². The maximum atomic E-state index is 10.5. The van der Waals surface area contributed by atoms with E-state index in [9.17, 15) is 10.2 Å². The molecule has 0 spiro atoms. The van der Waals surface area contributed by atoms with Crippen LogP contribution in [0.1, 0.15) is 39.5 Å². The van der Waals surface area contributed by atoms with E-state index in [-0.39, 0.29) is 28.4 Å². The largest absolute Gasteiger partial charge is 0.507 e. The lowest BCUT2D eigenvalue weighted by Crippen LogP contribution is -2.00. The zero-order chi connectivity index (χ0) is 22.2. The molecule has 3 rings (SSSR count). The molecule has 0 atom stereocenters. The lowest BCUT2D eigenvalue weighted by Gasteiger charge is -2.11. The van der Waals surface area contributed by atoms with E-state index in [4.69, 9.17) is 21.1 Å². The van der Waals surface area contributed by atoms with Gasteiger partial charge in [0.15, 0.2) is 11.6 Å². The summed E-state index contributed by atoms with van der Waals surface area (Å²) in [5, 5.41) is 20.9. The summed E-state index contributed by atoms with van der Waals surface area (Å²) >= 11 is 6.11. The summed E-state index contributed by atoms with van der Waals surface area (Å²) in [5.41, 5.74) is 0.764. The van der Waals surface area contributed by atoms with Gasteiger partial charge in [-0.1, -0.05) is 26.7 Å². The molecule has 1 aromatic heterocycles. The molecule has 2 aromatic carbocycles. The molecule has 0 aliphatic carbocycles. The van der Waals surface area contributed by atoms with E-state index in [0.717, 1.165) is 25.7 Å². The van der Waals surface area contributed by atoms with Crippen molar-refractivity contribution in [2.75, 3.05) is 13.2 Å². The first-order chi connectivity index (χ1) is 15.0. The molecule has 164 valence electrons. The van der Waals surface area contributed by atoms with Gasteiger partial charge in [0, 0.05) is 12.1 Å². The predicted octanol–water partition coefficient (Wildman–Crippen LogP) is 5.63. The third kappa shape index (κ3) is 5.98. The summed E-state index contributed by atoms with van der Waals surface area (Å²) in [6.45, 7) is 5.32. The van der Waals surface area contributed by atoms with Crippen molar-refractivity contribution in [2.45, 2.75) is 39.5 Å². The van der Waals surface area contributed by atoms with Crippen molar-refractivity contribution in [2.24, 2.45) is 0 Å². The minimum atomic E-state index is -0.0506. The standard InChI is InChI=1S/C23H26ClN3O4/c1-3-5-11-30-15-7-9-17(19(28)13-15)21-25-22(27-23(24)26-21)18-10-8-16(14-20(18)29)31-12-6-4-2/h7-10,13-14,28-29H,3-6,11-12H2,1-2H3. The molecule has 1 heterocycles. The molecule has 31 heavy (non-hydrogen) atoms. The molecule has 2 N–H and O–H groups in total. The molecule has 8 heteroatoms. The Labute approximate surface area is 186 Å². The van der Waals surface area contributed by atoms with Crippen LogP contribution in [0.25, 0.3) is 22.8 Å². The molecule has 0 amide bonds. The Bertz CT molecular complexity index is 952. The highest BCUT2D eigenvalue weighted by atomic mass is 35.5. The minimum Gasteiger partial charge on any atom is -0.507 e. The third-order valence-corrected chi connectivity index (χ3v) is 4.73. The van der Waals surface area contributed by atoms with Gasteiger partial charge >= 0.3 is 0 Å². The van der Waals surface area contributed by atoms with Crippen LogP contribution < -0.4 is 9.47 Å². The average molecular weight is 444 g/mol. The molecule has 0 saturated carbocycles. The van der Waals surface area contributed by atoms with Gasteiger partial charge in [-0.15, -0.1) is 0 Å². The number of hydrogen-bond acceptors (Lipinski definition) is 7.